The van der Waals surface area contributed by atoms with E-state index in [2.05, 4.69) is 27.0 Å². The molecule has 9 heteroatoms. The fourth-order valence-electron chi connectivity index (χ4n) is 3.71. The maximum absolute atomic E-state index is 13.0. The van der Waals surface area contributed by atoms with E-state index in [9.17, 15) is 13.2 Å². The van der Waals surface area contributed by atoms with E-state index in [1.165, 1.54) is 17.4 Å². The minimum atomic E-state index is -4.19. The minimum absolute atomic E-state index is 0.366. The van der Waals surface area contributed by atoms with Crippen molar-refractivity contribution in [2.75, 3.05) is 32.7 Å². The molecule has 2 heterocycles. The van der Waals surface area contributed by atoms with Gasteiger partial charge in [-0.1, -0.05) is 24.3 Å². The first-order valence-electron chi connectivity index (χ1n) is 10.7. The molecule has 1 aromatic carbocycles. The van der Waals surface area contributed by atoms with Crippen LogP contribution in [0, 0.1) is 6.92 Å². The number of halogens is 3. The van der Waals surface area contributed by atoms with E-state index < -0.39 is 12.2 Å². The Labute approximate surface area is 181 Å². The summed E-state index contributed by atoms with van der Waals surface area (Å²) >= 11 is 0. The van der Waals surface area contributed by atoms with Crippen molar-refractivity contribution in [2.45, 2.75) is 46.1 Å². The van der Waals surface area contributed by atoms with Crippen molar-refractivity contribution >= 4 is 5.96 Å². The van der Waals surface area contributed by atoms with Crippen molar-refractivity contribution in [3.05, 3.63) is 53.6 Å². The van der Waals surface area contributed by atoms with Crippen LogP contribution in [0.15, 0.2) is 41.7 Å². The molecule has 0 aliphatic carbocycles. The number of aryl methyl sites for hydroxylation is 1. The Balaban J connectivity index is 1.63. The third kappa shape index (κ3) is 6.22. The second-order valence-electron chi connectivity index (χ2n) is 7.83. The quantitative estimate of drug-likeness (QED) is 0.558. The van der Waals surface area contributed by atoms with Crippen molar-refractivity contribution in [1.29, 1.82) is 0 Å². The molecule has 0 bridgehead atoms. The summed E-state index contributed by atoms with van der Waals surface area (Å²) in [4.78, 5) is 12.5. The molecule has 0 amide bonds. The normalized spacial score (nSPS) is 17.1. The number of nitrogens with one attached hydrogen (secondary N) is 1. The molecule has 1 unspecified atom stereocenters. The Morgan fingerprint density at radius 1 is 1.19 bits per heavy atom. The first-order chi connectivity index (χ1) is 14.8. The van der Waals surface area contributed by atoms with E-state index in [0.29, 0.717) is 39.3 Å². The highest BCUT2D eigenvalue weighted by Crippen LogP contribution is 2.25. The topological polar surface area (TPSA) is 48.7 Å². The third-order valence-corrected chi connectivity index (χ3v) is 5.65. The zero-order chi connectivity index (χ0) is 22.4. The van der Waals surface area contributed by atoms with Crippen LogP contribution in [0.2, 0.25) is 0 Å². The van der Waals surface area contributed by atoms with Gasteiger partial charge in [-0.15, -0.1) is 0 Å². The molecule has 1 N–H and O–H groups in total. The van der Waals surface area contributed by atoms with Gasteiger partial charge < -0.3 is 14.8 Å². The molecular weight excluding hydrogens is 405 g/mol. The monoisotopic (exact) mass is 436 g/mol. The Bertz CT molecular complexity index is 868. The Morgan fingerprint density at radius 3 is 2.52 bits per heavy atom. The van der Waals surface area contributed by atoms with Gasteiger partial charge in [-0.3, -0.25) is 4.90 Å². The number of hydrogen-bond donors (Lipinski definition) is 1. The lowest BCUT2D eigenvalue weighted by Gasteiger charge is -2.39. The first-order valence-corrected chi connectivity index (χ1v) is 10.7. The van der Waals surface area contributed by atoms with Crippen LogP contribution in [0.4, 0.5) is 13.2 Å². The van der Waals surface area contributed by atoms with E-state index in [0.717, 1.165) is 23.9 Å². The predicted octanol–water partition coefficient (Wildman–Crippen LogP) is 3.27. The van der Waals surface area contributed by atoms with Crippen molar-refractivity contribution in [2.24, 2.45) is 4.99 Å². The number of aliphatic imine (C=N–C) groups is 1. The lowest BCUT2D eigenvalue weighted by molar-refractivity contribution is -0.181. The highest BCUT2D eigenvalue weighted by Gasteiger charge is 2.41. The van der Waals surface area contributed by atoms with Gasteiger partial charge >= 0.3 is 6.18 Å². The van der Waals surface area contributed by atoms with Gasteiger partial charge in [-0.25, -0.2) is 9.98 Å². The highest BCUT2D eigenvalue weighted by molar-refractivity contribution is 5.80. The van der Waals surface area contributed by atoms with Gasteiger partial charge in [0.15, 0.2) is 5.96 Å². The number of aromatic nitrogens is 2. The van der Waals surface area contributed by atoms with Gasteiger partial charge in [0.1, 0.15) is 11.9 Å². The van der Waals surface area contributed by atoms with Crippen LogP contribution in [-0.2, 0) is 13.1 Å². The maximum Gasteiger partial charge on any atom is 0.403 e. The molecular formula is C22H31F3N6. The highest BCUT2D eigenvalue weighted by atomic mass is 19.4. The minimum Gasteiger partial charge on any atom is -0.357 e. The van der Waals surface area contributed by atoms with Crippen LogP contribution in [0.5, 0.6) is 0 Å². The molecule has 0 radical (unpaired) electrons. The smallest absolute Gasteiger partial charge is 0.357 e. The van der Waals surface area contributed by atoms with Crippen LogP contribution in [0.1, 0.15) is 30.8 Å². The second-order valence-corrected chi connectivity index (χ2v) is 7.83. The summed E-state index contributed by atoms with van der Waals surface area (Å²) in [6.07, 6.45) is -0.439. The number of nitrogens with zero attached hydrogens (tertiary/aromatic N) is 5. The van der Waals surface area contributed by atoms with Gasteiger partial charge in [0, 0.05) is 51.7 Å². The van der Waals surface area contributed by atoms with E-state index in [-0.39, 0.29) is 0 Å². The number of rotatable bonds is 6. The number of guanidine groups is 1. The Hall–Kier alpha value is -2.55. The summed E-state index contributed by atoms with van der Waals surface area (Å²) in [5.41, 5.74) is 2.27. The average molecular weight is 437 g/mol. The Morgan fingerprint density at radius 2 is 1.90 bits per heavy atom. The van der Waals surface area contributed by atoms with Crippen molar-refractivity contribution in [1.82, 2.24) is 24.7 Å². The Kier molecular flexibility index (Phi) is 7.59. The third-order valence-electron chi connectivity index (χ3n) is 5.65. The molecule has 1 atom stereocenters. The van der Waals surface area contributed by atoms with E-state index >= 15 is 0 Å². The lowest BCUT2D eigenvalue weighted by atomic mass is 10.1. The molecule has 1 aromatic heterocycles. The van der Waals surface area contributed by atoms with Gasteiger partial charge in [-0.2, -0.15) is 13.2 Å². The molecule has 170 valence electrons. The number of piperazine rings is 1. The van der Waals surface area contributed by atoms with Gasteiger partial charge in [0.2, 0.25) is 0 Å². The number of imidazole rings is 1. The van der Waals surface area contributed by atoms with Crippen LogP contribution in [0.3, 0.4) is 0 Å². The molecule has 2 aromatic rings. The number of benzene rings is 1. The summed E-state index contributed by atoms with van der Waals surface area (Å²) in [5, 5.41) is 3.28. The summed E-state index contributed by atoms with van der Waals surface area (Å²) in [7, 11) is 0. The standard InChI is InChI=1S/C22H31F3N6/c1-4-26-21(30-12-10-29(11-13-30)17(2)22(23,24)25)28-15-19-6-5-7-20(14-19)16-31-9-8-27-18(31)3/h5-9,14,17H,4,10-13,15-16H2,1-3H3,(H,26,28). The van der Waals surface area contributed by atoms with Gasteiger partial charge in [-0.05, 0) is 31.9 Å². The average Bonchev–Trinajstić information content (AvgIpc) is 3.14. The van der Waals surface area contributed by atoms with Crippen LogP contribution in [-0.4, -0.2) is 70.3 Å². The van der Waals surface area contributed by atoms with Gasteiger partial charge in [0.25, 0.3) is 0 Å². The number of hydrogen-bond acceptors (Lipinski definition) is 3. The van der Waals surface area contributed by atoms with E-state index in [4.69, 9.17) is 4.99 Å². The maximum atomic E-state index is 13.0. The van der Waals surface area contributed by atoms with Crippen LogP contribution >= 0.6 is 0 Å². The molecule has 0 spiro atoms. The first kappa shape index (κ1) is 23.1. The fraction of sp³-hybridized carbons (Fsp3) is 0.545. The molecule has 31 heavy (non-hydrogen) atoms. The molecule has 3 rings (SSSR count). The lowest BCUT2D eigenvalue weighted by Crippen LogP contribution is -2.56. The second kappa shape index (κ2) is 10.2. The van der Waals surface area contributed by atoms with E-state index in [1.54, 1.807) is 6.20 Å². The van der Waals surface area contributed by atoms with Gasteiger partial charge in [0.05, 0.1) is 6.54 Å². The van der Waals surface area contributed by atoms with Crippen molar-refractivity contribution < 1.29 is 13.2 Å². The zero-order valence-electron chi connectivity index (χ0n) is 18.4. The largest absolute Gasteiger partial charge is 0.403 e. The van der Waals surface area contributed by atoms with E-state index in [1.807, 2.05) is 37.1 Å². The molecule has 1 aliphatic rings. The summed E-state index contributed by atoms with van der Waals surface area (Å²) in [6, 6.07) is 6.86. The molecule has 1 aliphatic heterocycles. The van der Waals surface area contributed by atoms with Crippen molar-refractivity contribution in [3.63, 3.8) is 0 Å². The molecule has 1 fully saturated rings. The summed E-state index contributed by atoms with van der Waals surface area (Å²) < 4.78 is 41.1. The zero-order valence-corrected chi connectivity index (χ0v) is 18.4. The summed E-state index contributed by atoms with van der Waals surface area (Å²) in [6.45, 7) is 8.94. The number of alkyl halides is 3. The molecule has 0 saturated carbocycles. The SMILES string of the molecule is CCNC(=NCc1cccc(Cn2ccnc2C)c1)N1CCN(C(C)C(F)(F)F)CC1. The summed E-state index contributed by atoms with van der Waals surface area (Å²) in [5.74, 6) is 1.72. The van der Waals surface area contributed by atoms with Crippen LogP contribution in [0.25, 0.3) is 0 Å². The van der Waals surface area contributed by atoms with Crippen LogP contribution < -0.4 is 5.32 Å². The van der Waals surface area contributed by atoms with Crippen molar-refractivity contribution in [3.8, 4) is 0 Å². The molecule has 1 saturated heterocycles. The molecule has 6 nitrogen and oxygen atoms in total. The predicted molar refractivity (Wildman–Crippen MR) is 116 cm³/mol. The fourth-order valence-corrected chi connectivity index (χ4v) is 3.71.